The number of nitrogens with one attached hydrogen (secondary N) is 1. The van der Waals surface area contributed by atoms with E-state index in [0.29, 0.717) is 30.0 Å². The van der Waals surface area contributed by atoms with Crippen LogP contribution in [0.25, 0.3) is 10.8 Å². The molecule has 3 amide bonds. The van der Waals surface area contributed by atoms with E-state index in [-0.39, 0.29) is 36.7 Å². The maximum Gasteiger partial charge on any atom is 0.258 e. The Balaban J connectivity index is 1.37. The van der Waals surface area contributed by atoms with E-state index < -0.39 is 6.04 Å². The van der Waals surface area contributed by atoms with Gasteiger partial charge in [0, 0.05) is 47.9 Å². The highest BCUT2D eigenvalue weighted by Gasteiger charge is 2.32. The molecule has 0 unspecified atom stereocenters. The van der Waals surface area contributed by atoms with Gasteiger partial charge in [-0.3, -0.25) is 14.4 Å². The van der Waals surface area contributed by atoms with E-state index in [1.165, 1.54) is 0 Å². The Labute approximate surface area is 245 Å². The molecule has 0 bridgehead atoms. The highest BCUT2D eigenvalue weighted by atomic mass is 35.5. The van der Waals surface area contributed by atoms with Gasteiger partial charge < -0.3 is 15.1 Å². The lowest BCUT2D eigenvalue weighted by Gasteiger charge is -2.32. The van der Waals surface area contributed by atoms with Crippen molar-refractivity contribution in [1.29, 1.82) is 0 Å². The van der Waals surface area contributed by atoms with Gasteiger partial charge in [0.2, 0.25) is 11.8 Å². The van der Waals surface area contributed by atoms with Crippen molar-refractivity contribution in [2.75, 3.05) is 11.4 Å². The number of hydrogen-bond donors (Lipinski definition) is 1. The number of halogens is 1. The molecular weight excluding hydrogens is 534 g/mol. The maximum absolute atomic E-state index is 13.9. The van der Waals surface area contributed by atoms with Crippen LogP contribution in [0.2, 0.25) is 5.02 Å². The van der Waals surface area contributed by atoms with Crippen molar-refractivity contribution in [3.63, 3.8) is 0 Å². The molecule has 0 fully saturated rings. The van der Waals surface area contributed by atoms with Crippen molar-refractivity contribution in [3.8, 4) is 0 Å². The van der Waals surface area contributed by atoms with Gasteiger partial charge in [-0.05, 0) is 61.0 Å². The number of amides is 3. The Bertz CT molecular complexity index is 1570. The number of hydrogen-bond acceptors (Lipinski definition) is 3. The maximum atomic E-state index is 13.9. The lowest BCUT2D eigenvalue weighted by Crippen LogP contribution is -2.51. The summed E-state index contributed by atoms with van der Waals surface area (Å²) in [6.07, 6.45) is 1.04. The Hall–Kier alpha value is -4.16. The predicted molar refractivity (Wildman–Crippen MR) is 164 cm³/mol. The van der Waals surface area contributed by atoms with Crippen molar-refractivity contribution in [1.82, 2.24) is 10.2 Å². The summed E-state index contributed by atoms with van der Waals surface area (Å²) in [6, 6.07) is 28.0. The molecule has 6 nitrogen and oxygen atoms in total. The molecule has 0 aliphatic carbocycles. The first kappa shape index (κ1) is 28.4. The molecule has 4 aromatic rings. The first-order chi connectivity index (χ1) is 19.8. The number of carbonyl (C=O) groups is 3. The fraction of sp³-hybridized carbons (Fsp3) is 0.265. The van der Waals surface area contributed by atoms with Crippen LogP contribution in [0, 0.1) is 0 Å². The zero-order valence-corrected chi connectivity index (χ0v) is 24.1. The minimum Gasteiger partial charge on any atom is -0.352 e. The number of anilines is 1. The Morgan fingerprint density at radius 3 is 2.34 bits per heavy atom. The Kier molecular flexibility index (Phi) is 8.70. The Morgan fingerprint density at radius 2 is 1.61 bits per heavy atom. The van der Waals surface area contributed by atoms with E-state index in [1.54, 1.807) is 15.9 Å². The van der Waals surface area contributed by atoms with Crippen LogP contribution < -0.4 is 10.2 Å². The van der Waals surface area contributed by atoms with E-state index in [1.807, 2.05) is 98.8 Å². The van der Waals surface area contributed by atoms with E-state index in [9.17, 15) is 14.4 Å². The van der Waals surface area contributed by atoms with Crippen molar-refractivity contribution in [3.05, 3.63) is 113 Å². The third-order valence-corrected chi connectivity index (χ3v) is 7.60. The van der Waals surface area contributed by atoms with Gasteiger partial charge in [-0.2, -0.15) is 0 Å². The second kappa shape index (κ2) is 12.6. The second-order valence-electron chi connectivity index (χ2n) is 10.8. The molecule has 7 heteroatoms. The molecule has 0 saturated heterocycles. The van der Waals surface area contributed by atoms with Gasteiger partial charge in [0.15, 0.2) is 0 Å². The summed E-state index contributed by atoms with van der Waals surface area (Å²) in [5.41, 5.74) is 3.39. The second-order valence-corrected chi connectivity index (χ2v) is 11.2. The Morgan fingerprint density at radius 1 is 0.902 bits per heavy atom. The summed E-state index contributed by atoms with van der Waals surface area (Å²) in [7, 11) is 0. The van der Waals surface area contributed by atoms with E-state index in [2.05, 4.69) is 5.32 Å². The molecule has 0 aromatic heterocycles. The molecule has 41 heavy (non-hydrogen) atoms. The van der Waals surface area contributed by atoms with Gasteiger partial charge >= 0.3 is 0 Å². The van der Waals surface area contributed by atoms with Crippen LogP contribution in [-0.4, -0.2) is 41.2 Å². The van der Waals surface area contributed by atoms with E-state index in [0.717, 1.165) is 27.6 Å². The number of nitrogens with zero attached hydrogens (tertiary/aromatic N) is 2. The molecule has 4 aromatic carbocycles. The highest BCUT2D eigenvalue weighted by Crippen LogP contribution is 2.37. The molecule has 1 aliphatic rings. The van der Waals surface area contributed by atoms with Crippen molar-refractivity contribution in [2.45, 2.75) is 51.7 Å². The SMILES string of the molecule is CC(C)NC(=O)[C@@H](Cc1ccccc1)N(Cc1cccc(Cl)c1)C(=O)CCCN1C(=O)c2cccc3cccc1c23. The highest BCUT2D eigenvalue weighted by molar-refractivity contribution is 6.30. The first-order valence-electron chi connectivity index (χ1n) is 14.0. The van der Waals surface area contributed by atoms with Crippen LogP contribution in [0.15, 0.2) is 91.0 Å². The van der Waals surface area contributed by atoms with Crippen molar-refractivity contribution in [2.24, 2.45) is 0 Å². The number of benzene rings is 4. The van der Waals surface area contributed by atoms with Gasteiger partial charge in [-0.15, -0.1) is 0 Å². The first-order valence-corrected chi connectivity index (χ1v) is 14.4. The monoisotopic (exact) mass is 567 g/mol. The van der Waals surface area contributed by atoms with Gasteiger partial charge in [0.1, 0.15) is 6.04 Å². The van der Waals surface area contributed by atoms with E-state index in [4.69, 9.17) is 11.6 Å². The van der Waals surface area contributed by atoms with Gasteiger partial charge in [-0.25, -0.2) is 0 Å². The fourth-order valence-corrected chi connectivity index (χ4v) is 5.71. The molecule has 1 aliphatic heterocycles. The average Bonchev–Trinajstić information content (AvgIpc) is 3.23. The van der Waals surface area contributed by atoms with Crippen molar-refractivity contribution >= 4 is 45.8 Å². The average molecular weight is 568 g/mol. The van der Waals surface area contributed by atoms with Crippen LogP contribution >= 0.6 is 11.6 Å². The lowest BCUT2D eigenvalue weighted by atomic mass is 10.0. The van der Waals surface area contributed by atoms with Gasteiger partial charge in [0.25, 0.3) is 5.91 Å². The molecule has 210 valence electrons. The molecule has 1 N–H and O–H groups in total. The predicted octanol–water partition coefficient (Wildman–Crippen LogP) is 6.40. The summed E-state index contributed by atoms with van der Waals surface area (Å²) in [5, 5.41) is 5.57. The normalized spacial score (nSPS) is 13.1. The number of carbonyl (C=O) groups excluding carboxylic acids is 3. The zero-order chi connectivity index (χ0) is 28.9. The summed E-state index contributed by atoms with van der Waals surface area (Å²) in [5.74, 6) is -0.387. The standard InChI is InChI=1S/C34H34ClN3O3/c1-23(2)36-33(40)30(21-24-10-4-3-5-11-24)38(22-25-12-6-15-27(35)20-25)31(39)18-9-19-37-29-17-8-14-26-13-7-16-28(32(26)29)34(37)41/h3-8,10-17,20,23,30H,9,18-19,21-22H2,1-2H3,(H,36,40)/t30-/m1/s1. The third-order valence-electron chi connectivity index (χ3n) is 7.37. The quantitative estimate of drug-likeness (QED) is 0.228. The molecule has 5 rings (SSSR count). The smallest absolute Gasteiger partial charge is 0.258 e. The lowest BCUT2D eigenvalue weighted by molar-refractivity contribution is -0.141. The van der Waals surface area contributed by atoms with Crippen LogP contribution in [0.5, 0.6) is 0 Å². The van der Waals surface area contributed by atoms with Crippen LogP contribution in [-0.2, 0) is 22.6 Å². The topological polar surface area (TPSA) is 69.7 Å². The van der Waals surface area contributed by atoms with Crippen LogP contribution in [0.4, 0.5) is 5.69 Å². The molecule has 0 radical (unpaired) electrons. The summed E-state index contributed by atoms with van der Waals surface area (Å²) < 4.78 is 0. The molecule has 1 atom stereocenters. The summed E-state index contributed by atoms with van der Waals surface area (Å²) in [6.45, 7) is 4.47. The van der Waals surface area contributed by atoms with Crippen molar-refractivity contribution < 1.29 is 14.4 Å². The zero-order valence-electron chi connectivity index (χ0n) is 23.3. The summed E-state index contributed by atoms with van der Waals surface area (Å²) >= 11 is 6.27. The minimum atomic E-state index is -0.710. The number of rotatable bonds is 11. The van der Waals surface area contributed by atoms with Gasteiger partial charge in [-0.1, -0.05) is 78.3 Å². The van der Waals surface area contributed by atoms with Crippen LogP contribution in [0.3, 0.4) is 0 Å². The van der Waals surface area contributed by atoms with Gasteiger partial charge in [0.05, 0.1) is 5.69 Å². The molecule has 1 heterocycles. The fourth-order valence-electron chi connectivity index (χ4n) is 5.50. The van der Waals surface area contributed by atoms with E-state index >= 15 is 0 Å². The minimum absolute atomic E-state index is 0.0432. The molecule has 0 spiro atoms. The van der Waals surface area contributed by atoms with Crippen LogP contribution in [0.1, 0.15) is 48.2 Å². The molecular formula is C34H34ClN3O3. The summed E-state index contributed by atoms with van der Waals surface area (Å²) in [4.78, 5) is 44.1. The third kappa shape index (κ3) is 6.44. The molecule has 0 saturated carbocycles. The largest absolute Gasteiger partial charge is 0.352 e.